The van der Waals surface area contributed by atoms with E-state index in [2.05, 4.69) is 11.4 Å². The number of nitrogens with one attached hydrogen (secondary N) is 1. The maximum absolute atomic E-state index is 12.9. The number of carbonyl (C=O) groups excluding carboxylic acids is 1. The maximum atomic E-state index is 12.9. The summed E-state index contributed by atoms with van der Waals surface area (Å²) in [5.74, 6) is 0.162. The molecule has 1 atom stereocenters. The van der Waals surface area contributed by atoms with Crippen molar-refractivity contribution in [3.05, 3.63) is 89.2 Å². The molecule has 1 amide bonds. The van der Waals surface area contributed by atoms with Crippen LogP contribution in [0.25, 0.3) is 16.9 Å². The number of benzene rings is 2. The van der Waals surface area contributed by atoms with Gasteiger partial charge in [0.1, 0.15) is 17.5 Å². The number of aryl methyl sites for hydroxylation is 1. The predicted octanol–water partition coefficient (Wildman–Crippen LogP) is 4.69. The van der Waals surface area contributed by atoms with Gasteiger partial charge in [0.25, 0.3) is 5.91 Å². The zero-order chi connectivity index (χ0) is 25.7. The fourth-order valence-corrected chi connectivity index (χ4v) is 4.10. The molecular formula is C29H30N4O3. The number of hydrogen-bond donors (Lipinski definition) is 2. The maximum Gasteiger partial charge on any atom is 0.251 e. The highest BCUT2D eigenvalue weighted by atomic mass is 16.5. The monoisotopic (exact) mass is 482 g/mol. The van der Waals surface area contributed by atoms with Crippen molar-refractivity contribution in [2.45, 2.75) is 45.8 Å². The van der Waals surface area contributed by atoms with E-state index in [1.807, 2.05) is 74.0 Å². The molecule has 184 valence electrons. The molecule has 2 N–H and O–H groups in total. The van der Waals surface area contributed by atoms with E-state index in [1.54, 1.807) is 12.1 Å². The average molecular weight is 483 g/mol. The van der Waals surface area contributed by atoms with Crippen LogP contribution in [0.15, 0.2) is 67.0 Å². The number of hydrogen-bond acceptors (Lipinski definition) is 5. The standard InChI is InChI=1S/C29H30N4O3/c1-19(2)36-27-10-9-23(15-24(27)16-30)29(35)31-25(12-13-34)14-21-5-7-22(8-6-21)26-18-33-17-20(3)4-11-28(33)32-26/h4-11,15,17-19,25,34H,12-14H2,1-3H3,(H,31,35)/t25-/m1/s1. The number of aliphatic hydroxyl groups excluding tert-OH is 1. The lowest BCUT2D eigenvalue weighted by Crippen LogP contribution is -2.37. The number of rotatable bonds is 9. The van der Waals surface area contributed by atoms with Crippen LogP contribution in [0.1, 0.15) is 47.3 Å². The van der Waals surface area contributed by atoms with Crippen molar-refractivity contribution in [1.29, 1.82) is 5.26 Å². The molecule has 0 aliphatic carbocycles. The molecule has 0 radical (unpaired) electrons. The van der Waals surface area contributed by atoms with Gasteiger partial charge in [-0.05, 0) is 69.0 Å². The van der Waals surface area contributed by atoms with Crippen LogP contribution in [0.2, 0.25) is 0 Å². The molecule has 2 aromatic heterocycles. The number of nitrogens with zero attached hydrogens (tertiary/aromatic N) is 3. The van der Waals surface area contributed by atoms with Crippen LogP contribution in [0.4, 0.5) is 0 Å². The molecule has 0 unspecified atom stereocenters. The minimum Gasteiger partial charge on any atom is -0.490 e. The highest BCUT2D eigenvalue weighted by Gasteiger charge is 2.17. The van der Waals surface area contributed by atoms with Gasteiger partial charge in [0.05, 0.1) is 17.4 Å². The van der Waals surface area contributed by atoms with E-state index < -0.39 is 0 Å². The van der Waals surface area contributed by atoms with Gasteiger partial charge in [0.2, 0.25) is 0 Å². The minimum absolute atomic E-state index is 0.0473. The summed E-state index contributed by atoms with van der Waals surface area (Å²) in [5.41, 5.74) is 5.70. The van der Waals surface area contributed by atoms with Gasteiger partial charge >= 0.3 is 0 Å². The fraction of sp³-hybridized carbons (Fsp3) is 0.276. The number of carbonyl (C=O) groups is 1. The van der Waals surface area contributed by atoms with E-state index in [0.717, 1.165) is 22.5 Å². The molecule has 0 saturated heterocycles. The summed E-state index contributed by atoms with van der Waals surface area (Å²) in [6.07, 6.45) is 4.97. The Hall–Kier alpha value is -4.15. The first-order valence-corrected chi connectivity index (χ1v) is 12.0. The Morgan fingerprint density at radius 1 is 1.14 bits per heavy atom. The number of nitriles is 1. The van der Waals surface area contributed by atoms with Crippen LogP contribution >= 0.6 is 0 Å². The first-order chi connectivity index (χ1) is 17.4. The second-order valence-electron chi connectivity index (χ2n) is 9.17. The Morgan fingerprint density at radius 2 is 1.92 bits per heavy atom. The lowest BCUT2D eigenvalue weighted by molar-refractivity contribution is 0.0930. The second kappa shape index (κ2) is 11.1. The van der Waals surface area contributed by atoms with Gasteiger partial charge < -0.3 is 19.6 Å². The van der Waals surface area contributed by atoms with Gasteiger partial charge in [-0.15, -0.1) is 0 Å². The van der Waals surface area contributed by atoms with Crippen LogP contribution in [0, 0.1) is 18.3 Å². The smallest absolute Gasteiger partial charge is 0.251 e. The molecular weight excluding hydrogens is 452 g/mol. The third-order valence-electron chi connectivity index (χ3n) is 5.87. The van der Waals surface area contributed by atoms with E-state index in [-0.39, 0.29) is 24.7 Å². The van der Waals surface area contributed by atoms with E-state index in [1.165, 1.54) is 11.6 Å². The van der Waals surface area contributed by atoms with Crippen molar-refractivity contribution in [2.24, 2.45) is 0 Å². The largest absolute Gasteiger partial charge is 0.490 e. The van der Waals surface area contributed by atoms with Crippen molar-refractivity contribution >= 4 is 11.6 Å². The molecule has 0 aliphatic rings. The highest BCUT2D eigenvalue weighted by Crippen LogP contribution is 2.22. The first-order valence-electron chi connectivity index (χ1n) is 12.0. The van der Waals surface area contributed by atoms with E-state index in [0.29, 0.717) is 29.7 Å². The van der Waals surface area contributed by atoms with Gasteiger partial charge in [-0.25, -0.2) is 4.98 Å². The Bertz CT molecular complexity index is 1400. The third-order valence-corrected chi connectivity index (χ3v) is 5.87. The Morgan fingerprint density at radius 3 is 2.61 bits per heavy atom. The summed E-state index contributed by atoms with van der Waals surface area (Å²) < 4.78 is 7.66. The highest BCUT2D eigenvalue weighted by molar-refractivity contribution is 5.95. The van der Waals surface area contributed by atoms with Crippen LogP contribution in [0.5, 0.6) is 5.75 Å². The average Bonchev–Trinajstić information content (AvgIpc) is 3.27. The molecule has 0 saturated carbocycles. The quantitative estimate of drug-likeness (QED) is 0.360. The van der Waals surface area contributed by atoms with Crippen LogP contribution in [0.3, 0.4) is 0 Å². The zero-order valence-electron chi connectivity index (χ0n) is 20.7. The van der Waals surface area contributed by atoms with Crippen molar-refractivity contribution < 1.29 is 14.6 Å². The molecule has 0 spiro atoms. The molecule has 0 bridgehead atoms. The number of fused-ring (bicyclic) bond motifs is 1. The van der Waals surface area contributed by atoms with E-state index in [4.69, 9.17) is 9.72 Å². The number of aliphatic hydroxyl groups is 1. The molecule has 0 aliphatic heterocycles. The molecule has 4 aromatic rings. The van der Waals surface area contributed by atoms with E-state index >= 15 is 0 Å². The normalized spacial score (nSPS) is 11.9. The third kappa shape index (κ3) is 5.91. The second-order valence-corrected chi connectivity index (χ2v) is 9.17. The topological polar surface area (TPSA) is 99.7 Å². The first kappa shape index (κ1) is 25.0. The number of pyridine rings is 1. The number of imidazole rings is 1. The molecule has 0 fully saturated rings. The summed E-state index contributed by atoms with van der Waals surface area (Å²) in [7, 11) is 0. The van der Waals surface area contributed by atoms with Gasteiger partial charge in [-0.2, -0.15) is 5.26 Å². The summed E-state index contributed by atoms with van der Waals surface area (Å²) >= 11 is 0. The summed E-state index contributed by atoms with van der Waals surface area (Å²) in [5, 5.41) is 22.0. The number of ether oxygens (including phenoxy) is 1. The summed E-state index contributed by atoms with van der Waals surface area (Å²) in [6, 6.07) is 18.8. The Kier molecular flexibility index (Phi) is 7.67. The lowest BCUT2D eigenvalue weighted by Gasteiger charge is -2.19. The van der Waals surface area contributed by atoms with Gasteiger partial charge in [-0.1, -0.05) is 30.3 Å². The molecule has 4 rings (SSSR count). The molecule has 2 aromatic carbocycles. The zero-order valence-corrected chi connectivity index (χ0v) is 20.7. The van der Waals surface area contributed by atoms with Crippen molar-refractivity contribution in [3.8, 4) is 23.1 Å². The van der Waals surface area contributed by atoms with Gasteiger partial charge in [0.15, 0.2) is 0 Å². The van der Waals surface area contributed by atoms with E-state index in [9.17, 15) is 15.2 Å². The minimum atomic E-state index is -0.294. The Labute approximate surface area is 211 Å². The molecule has 36 heavy (non-hydrogen) atoms. The Balaban J connectivity index is 1.45. The van der Waals surface area contributed by atoms with Crippen LogP contribution in [-0.2, 0) is 6.42 Å². The molecule has 7 heteroatoms. The van der Waals surface area contributed by atoms with Gasteiger partial charge in [-0.3, -0.25) is 4.79 Å². The van der Waals surface area contributed by atoms with Crippen LogP contribution < -0.4 is 10.1 Å². The predicted molar refractivity (Wildman–Crippen MR) is 139 cm³/mol. The number of aromatic nitrogens is 2. The summed E-state index contributed by atoms with van der Waals surface area (Å²) in [4.78, 5) is 17.6. The molecule has 2 heterocycles. The summed E-state index contributed by atoms with van der Waals surface area (Å²) in [6.45, 7) is 5.76. The van der Waals surface area contributed by atoms with Crippen molar-refractivity contribution in [1.82, 2.24) is 14.7 Å². The SMILES string of the molecule is Cc1ccc2nc(-c3ccc(C[C@@H](CCO)NC(=O)c4ccc(OC(C)C)c(C#N)c4)cc3)cn2c1. The molecule has 7 nitrogen and oxygen atoms in total. The van der Waals surface area contributed by atoms with Gasteiger partial charge in [0, 0.05) is 36.2 Å². The number of amides is 1. The van der Waals surface area contributed by atoms with Crippen LogP contribution in [-0.4, -0.2) is 39.2 Å². The van der Waals surface area contributed by atoms with Crippen molar-refractivity contribution in [2.75, 3.05) is 6.61 Å². The fourth-order valence-electron chi connectivity index (χ4n) is 4.10. The lowest BCUT2D eigenvalue weighted by atomic mass is 10.0. The van der Waals surface area contributed by atoms with Crippen molar-refractivity contribution in [3.63, 3.8) is 0 Å².